The topological polar surface area (TPSA) is 63.9 Å². The molecular weight excluding hydrogens is 436 g/mol. The lowest BCUT2D eigenvalue weighted by Gasteiger charge is -2.27. The first-order valence-electron chi connectivity index (χ1n) is 9.49. The fourth-order valence-electron chi connectivity index (χ4n) is 3.91. The Balaban J connectivity index is 1.98. The van der Waals surface area contributed by atoms with E-state index in [0.29, 0.717) is 31.9 Å². The molecule has 1 aliphatic heterocycles. The van der Waals surface area contributed by atoms with Crippen LogP contribution in [0.3, 0.4) is 0 Å². The molecule has 3 aromatic rings. The van der Waals surface area contributed by atoms with Gasteiger partial charge in [0, 0.05) is 36.7 Å². The summed E-state index contributed by atoms with van der Waals surface area (Å²) >= 11 is 3.63. The number of benzene rings is 2. The first kappa shape index (κ1) is 19.8. The molecule has 0 fully saturated rings. The number of nitrogens with zero attached hydrogens (tertiary/aromatic N) is 2. The molecule has 29 heavy (non-hydrogen) atoms. The molecule has 0 amide bonds. The van der Waals surface area contributed by atoms with E-state index in [4.69, 9.17) is 9.47 Å². The number of phenols is 1. The van der Waals surface area contributed by atoms with Gasteiger partial charge in [0.25, 0.3) is 0 Å². The molecule has 1 aliphatic rings. The van der Waals surface area contributed by atoms with Crippen LogP contribution in [0.4, 0.5) is 0 Å². The summed E-state index contributed by atoms with van der Waals surface area (Å²) in [5.41, 5.74) is 4.39. The Morgan fingerprint density at radius 2 is 2.00 bits per heavy atom. The number of carbonyl (C=O) groups is 1. The number of aromatic nitrogens is 1. The summed E-state index contributed by atoms with van der Waals surface area (Å²) in [6.07, 6.45) is 0.544. The Kier molecular flexibility index (Phi) is 5.27. The molecule has 4 rings (SSSR count). The maximum Gasteiger partial charge on any atom is 0.340 e. The van der Waals surface area contributed by atoms with Gasteiger partial charge in [-0.05, 0) is 53.7 Å². The monoisotopic (exact) mass is 458 g/mol. The number of rotatable bonds is 4. The number of phenolic OH excluding ortho intramolecular Hbond substituents is 1. The number of aromatic hydroxyl groups is 1. The highest BCUT2D eigenvalue weighted by atomic mass is 79.9. The average Bonchev–Trinajstić information content (AvgIpc) is 2.96. The quantitative estimate of drug-likeness (QED) is 0.593. The number of aryl methyl sites for hydroxylation is 1. The van der Waals surface area contributed by atoms with E-state index < -0.39 is 0 Å². The highest BCUT2D eigenvalue weighted by Crippen LogP contribution is 2.42. The van der Waals surface area contributed by atoms with Gasteiger partial charge in [-0.2, -0.15) is 0 Å². The van der Waals surface area contributed by atoms with Gasteiger partial charge in [0.15, 0.2) is 0 Å². The number of carbonyl (C=O) groups excluding carboxylic acids is 1. The van der Waals surface area contributed by atoms with Crippen LogP contribution in [0.5, 0.6) is 11.5 Å². The van der Waals surface area contributed by atoms with E-state index in [1.807, 2.05) is 43.8 Å². The lowest BCUT2D eigenvalue weighted by molar-refractivity contribution is 0.0527. The van der Waals surface area contributed by atoms with E-state index in [-0.39, 0.29) is 11.7 Å². The van der Waals surface area contributed by atoms with Gasteiger partial charge in [0.05, 0.1) is 22.2 Å². The van der Waals surface area contributed by atoms with Crippen LogP contribution < -0.4 is 4.74 Å². The second kappa shape index (κ2) is 7.72. The highest BCUT2D eigenvalue weighted by molar-refractivity contribution is 9.10. The molecule has 6 nitrogen and oxygen atoms in total. The smallest absolute Gasteiger partial charge is 0.340 e. The van der Waals surface area contributed by atoms with E-state index in [2.05, 4.69) is 20.8 Å². The fourth-order valence-corrected chi connectivity index (χ4v) is 4.48. The number of halogens is 1. The van der Waals surface area contributed by atoms with Crippen molar-refractivity contribution in [3.05, 3.63) is 57.2 Å². The normalized spacial score (nSPS) is 13.9. The van der Waals surface area contributed by atoms with Gasteiger partial charge in [-0.3, -0.25) is 4.90 Å². The van der Waals surface area contributed by atoms with Crippen LogP contribution >= 0.6 is 15.9 Å². The largest absolute Gasteiger partial charge is 0.508 e. The Labute approximate surface area is 177 Å². The molecule has 0 unspecified atom stereocenters. The van der Waals surface area contributed by atoms with Crippen molar-refractivity contribution < 1.29 is 19.4 Å². The molecule has 0 saturated carbocycles. The summed E-state index contributed by atoms with van der Waals surface area (Å²) in [6, 6.07) is 9.05. The second-order valence-electron chi connectivity index (χ2n) is 7.29. The van der Waals surface area contributed by atoms with Gasteiger partial charge in [0.1, 0.15) is 18.2 Å². The summed E-state index contributed by atoms with van der Waals surface area (Å²) in [5, 5.41) is 10.5. The zero-order chi connectivity index (χ0) is 20.7. The molecule has 0 bridgehead atoms. The van der Waals surface area contributed by atoms with Gasteiger partial charge in [-0.1, -0.05) is 12.1 Å². The molecule has 152 valence electrons. The third kappa shape index (κ3) is 3.49. The SMILES string of the molecule is CCOC(=O)c1c(Cc2ccc(O)cc2)n(C)c2cc(Br)c3c(c12)CN(C)CO3. The van der Waals surface area contributed by atoms with Crippen molar-refractivity contribution in [2.75, 3.05) is 20.4 Å². The maximum atomic E-state index is 13.0. The Bertz CT molecular complexity index is 1090. The minimum Gasteiger partial charge on any atom is -0.508 e. The third-order valence-electron chi connectivity index (χ3n) is 5.26. The number of ether oxygens (including phenoxy) is 2. The van der Waals surface area contributed by atoms with Gasteiger partial charge in [-0.25, -0.2) is 4.79 Å². The lowest BCUT2D eigenvalue weighted by atomic mass is 10.00. The average molecular weight is 459 g/mol. The highest BCUT2D eigenvalue weighted by Gasteiger charge is 2.29. The predicted molar refractivity (Wildman–Crippen MR) is 114 cm³/mol. The van der Waals surface area contributed by atoms with Gasteiger partial charge < -0.3 is 19.1 Å². The van der Waals surface area contributed by atoms with E-state index in [9.17, 15) is 9.90 Å². The Hall–Kier alpha value is -2.51. The predicted octanol–water partition coefficient (Wildman–Crippen LogP) is 4.20. The summed E-state index contributed by atoms with van der Waals surface area (Å²) in [4.78, 5) is 15.1. The number of fused-ring (bicyclic) bond motifs is 3. The Morgan fingerprint density at radius 1 is 1.28 bits per heavy atom. The van der Waals surface area contributed by atoms with Crippen molar-refractivity contribution in [3.8, 4) is 11.5 Å². The van der Waals surface area contributed by atoms with Crippen LogP contribution in [-0.4, -0.2) is 40.9 Å². The maximum absolute atomic E-state index is 13.0. The van der Waals surface area contributed by atoms with Crippen molar-refractivity contribution in [2.45, 2.75) is 19.9 Å². The molecule has 0 atom stereocenters. The van der Waals surface area contributed by atoms with Crippen molar-refractivity contribution in [1.82, 2.24) is 9.47 Å². The standard InChI is InChI=1S/C22H23BrN2O4/c1-4-28-22(27)20-17(9-13-5-7-14(26)8-6-13)25(3)18-10-16(23)21-15(19(18)20)11-24(2)12-29-21/h5-8,10,26H,4,9,11-12H2,1-3H3. The molecule has 0 saturated heterocycles. The molecule has 2 heterocycles. The summed E-state index contributed by atoms with van der Waals surface area (Å²) in [5.74, 6) is 0.669. The lowest BCUT2D eigenvalue weighted by Crippen LogP contribution is -2.28. The van der Waals surface area contributed by atoms with Gasteiger partial charge >= 0.3 is 5.97 Å². The molecule has 0 aliphatic carbocycles. The molecular formula is C22H23BrN2O4. The minimum absolute atomic E-state index is 0.217. The molecule has 2 aromatic carbocycles. The Morgan fingerprint density at radius 3 is 2.69 bits per heavy atom. The van der Waals surface area contributed by atoms with Crippen molar-refractivity contribution >= 4 is 32.8 Å². The van der Waals surface area contributed by atoms with Gasteiger partial charge in [0.2, 0.25) is 0 Å². The molecule has 1 aromatic heterocycles. The van der Waals surface area contributed by atoms with Gasteiger partial charge in [-0.15, -0.1) is 0 Å². The number of hydrogen-bond acceptors (Lipinski definition) is 5. The van der Waals surface area contributed by atoms with Crippen LogP contribution in [0.25, 0.3) is 10.9 Å². The molecule has 0 spiro atoms. The summed E-state index contributed by atoms with van der Waals surface area (Å²) < 4.78 is 14.3. The van der Waals surface area contributed by atoms with E-state index in [0.717, 1.165) is 37.9 Å². The number of esters is 1. The van der Waals surface area contributed by atoms with Crippen LogP contribution in [0.2, 0.25) is 0 Å². The molecule has 1 N–H and O–H groups in total. The van der Waals surface area contributed by atoms with Crippen LogP contribution in [-0.2, 0) is 24.8 Å². The van der Waals surface area contributed by atoms with Crippen LogP contribution in [0.1, 0.15) is 34.1 Å². The van der Waals surface area contributed by atoms with Crippen molar-refractivity contribution in [2.24, 2.45) is 7.05 Å². The van der Waals surface area contributed by atoms with Crippen molar-refractivity contribution in [3.63, 3.8) is 0 Å². The van der Waals surface area contributed by atoms with E-state index >= 15 is 0 Å². The summed E-state index contributed by atoms with van der Waals surface area (Å²) in [7, 11) is 3.95. The first-order chi connectivity index (χ1) is 13.9. The minimum atomic E-state index is -0.329. The zero-order valence-corrected chi connectivity index (χ0v) is 18.2. The molecule has 0 radical (unpaired) electrons. The van der Waals surface area contributed by atoms with E-state index in [1.165, 1.54) is 0 Å². The first-order valence-corrected chi connectivity index (χ1v) is 10.3. The second-order valence-corrected chi connectivity index (χ2v) is 8.15. The molecule has 7 heteroatoms. The number of hydrogen-bond donors (Lipinski definition) is 1. The van der Waals surface area contributed by atoms with E-state index in [1.54, 1.807) is 12.1 Å². The third-order valence-corrected chi connectivity index (χ3v) is 5.85. The zero-order valence-electron chi connectivity index (χ0n) is 16.7. The fraction of sp³-hybridized carbons (Fsp3) is 0.318. The summed E-state index contributed by atoms with van der Waals surface area (Å²) in [6.45, 7) is 3.30. The van der Waals surface area contributed by atoms with Crippen molar-refractivity contribution in [1.29, 1.82) is 0 Å². The van der Waals surface area contributed by atoms with Crippen LogP contribution in [0, 0.1) is 0 Å². The van der Waals surface area contributed by atoms with Crippen LogP contribution in [0.15, 0.2) is 34.8 Å².